The number of rotatable bonds is 4. The number of nitrogens with one attached hydrogen (secondary N) is 2. The summed E-state index contributed by atoms with van der Waals surface area (Å²) in [5.41, 5.74) is 10.4. The number of fused-ring (bicyclic) bond motifs is 2. The number of nitrogens with two attached hydrogens (primary N) is 1. The van der Waals surface area contributed by atoms with E-state index in [-0.39, 0.29) is 0 Å². The SMILES string of the molecule is Nc1ncnc2c1c(Cc1c[nH]c3ccccc13)nn2CC1CCNCC1. The van der Waals surface area contributed by atoms with E-state index in [0.29, 0.717) is 18.2 Å². The third-order valence-electron chi connectivity index (χ3n) is 5.55. The van der Waals surface area contributed by atoms with Crippen molar-refractivity contribution in [3.05, 3.63) is 48.0 Å². The zero-order valence-electron chi connectivity index (χ0n) is 15.2. The van der Waals surface area contributed by atoms with Gasteiger partial charge >= 0.3 is 0 Å². The summed E-state index contributed by atoms with van der Waals surface area (Å²) in [5.74, 6) is 1.12. The number of hydrogen-bond acceptors (Lipinski definition) is 5. The highest BCUT2D eigenvalue weighted by molar-refractivity contribution is 5.89. The average molecular weight is 361 g/mol. The first kappa shape index (κ1) is 16.3. The van der Waals surface area contributed by atoms with Gasteiger partial charge in [0, 0.05) is 30.1 Å². The number of hydrogen-bond donors (Lipinski definition) is 3. The molecular formula is C20H23N7. The van der Waals surface area contributed by atoms with E-state index in [1.807, 2.05) is 10.7 Å². The van der Waals surface area contributed by atoms with Crippen LogP contribution >= 0.6 is 0 Å². The second-order valence-electron chi connectivity index (χ2n) is 7.32. The van der Waals surface area contributed by atoms with E-state index in [1.54, 1.807) is 0 Å². The van der Waals surface area contributed by atoms with Gasteiger partial charge in [-0.15, -0.1) is 0 Å². The van der Waals surface area contributed by atoms with Crippen molar-refractivity contribution in [2.45, 2.75) is 25.8 Å². The van der Waals surface area contributed by atoms with Gasteiger partial charge in [-0.1, -0.05) is 18.2 Å². The van der Waals surface area contributed by atoms with Crippen LogP contribution in [0.15, 0.2) is 36.8 Å². The maximum atomic E-state index is 6.22. The molecule has 0 amide bonds. The molecule has 7 heteroatoms. The molecule has 1 aromatic carbocycles. The number of nitrogens with zero attached hydrogens (tertiary/aromatic N) is 4. The van der Waals surface area contributed by atoms with Crippen molar-refractivity contribution in [1.82, 2.24) is 30.0 Å². The molecule has 0 bridgehead atoms. The summed E-state index contributed by atoms with van der Waals surface area (Å²) in [6.45, 7) is 3.02. The van der Waals surface area contributed by atoms with Crippen molar-refractivity contribution >= 4 is 27.8 Å². The van der Waals surface area contributed by atoms with Gasteiger partial charge in [0.2, 0.25) is 0 Å². The molecule has 3 aromatic heterocycles. The number of nitrogen functional groups attached to an aromatic ring is 1. The number of aromatic nitrogens is 5. The van der Waals surface area contributed by atoms with Crippen LogP contribution in [0.25, 0.3) is 21.9 Å². The third kappa shape index (κ3) is 2.94. The zero-order valence-corrected chi connectivity index (χ0v) is 15.2. The standard InChI is InChI=1S/C20H23N7/c21-19-18-17(9-14-10-23-16-4-2-1-3-15(14)16)26-27(20(18)25-12-24-19)11-13-5-7-22-8-6-13/h1-4,10,12-13,22-23H,5-9,11H2,(H2,21,24,25). The quantitative estimate of drug-likeness (QED) is 0.519. The molecule has 138 valence electrons. The van der Waals surface area contributed by atoms with Crippen LogP contribution in [0.1, 0.15) is 24.1 Å². The molecule has 27 heavy (non-hydrogen) atoms. The van der Waals surface area contributed by atoms with Crippen molar-refractivity contribution < 1.29 is 0 Å². The van der Waals surface area contributed by atoms with Gasteiger partial charge in [0.05, 0.1) is 11.1 Å². The summed E-state index contributed by atoms with van der Waals surface area (Å²) < 4.78 is 2.04. The summed E-state index contributed by atoms with van der Waals surface area (Å²) in [6, 6.07) is 8.32. The summed E-state index contributed by atoms with van der Waals surface area (Å²) >= 11 is 0. The minimum Gasteiger partial charge on any atom is -0.383 e. The molecular weight excluding hydrogens is 338 g/mol. The van der Waals surface area contributed by atoms with Gasteiger partial charge in [0.1, 0.15) is 12.1 Å². The van der Waals surface area contributed by atoms with Gasteiger partial charge < -0.3 is 16.0 Å². The van der Waals surface area contributed by atoms with Gasteiger partial charge in [-0.2, -0.15) is 5.10 Å². The largest absolute Gasteiger partial charge is 0.383 e. The molecule has 1 fully saturated rings. The lowest BCUT2D eigenvalue weighted by atomic mass is 9.98. The molecule has 0 spiro atoms. The van der Waals surface area contributed by atoms with Crippen LogP contribution in [0.4, 0.5) is 5.82 Å². The predicted molar refractivity (Wildman–Crippen MR) is 106 cm³/mol. The topological polar surface area (TPSA) is 97.4 Å². The molecule has 5 rings (SSSR count). The lowest BCUT2D eigenvalue weighted by Gasteiger charge is -2.22. The molecule has 1 aliphatic rings. The summed E-state index contributed by atoms with van der Waals surface area (Å²) in [5, 5.41) is 10.4. The van der Waals surface area contributed by atoms with Crippen LogP contribution in [0.3, 0.4) is 0 Å². The number of aromatic amines is 1. The Labute approximate surface area is 157 Å². The van der Waals surface area contributed by atoms with Crippen molar-refractivity contribution in [2.24, 2.45) is 5.92 Å². The molecule has 1 saturated heterocycles. The smallest absolute Gasteiger partial charge is 0.163 e. The second-order valence-corrected chi connectivity index (χ2v) is 7.32. The van der Waals surface area contributed by atoms with E-state index in [0.717, 1.165) is 41.9 Å². The number of para-hydroxylation sites is 1. The Morgan fingerprint density at radius 3 is 2.89 bits per heavy atom. The molecule has 0 radical (unpaired) electrons. The summed E-state index contributed by atoms with van der Waals surface area (Å²) in [4.78, 5) is 12.1. The lowest BCUT2D eigenvalue weighted by Crippen LogP contribution is -2.30. The van der Waals surface area contributed by atoms with Crippen molar-refractivity contribution in [3.63, 3.8) is 0 Å². The molecule has 1 aliphatic heterocycles. The van der Waals surface area contributed by atoms with Crippen LogP contribution < -0.4 is 11.1 Å². The van der Waals surface area contributed by atoms with Crippen molar-refractivity contribution in [1.29, 1.82) is 0 Å². The fourth-order valence-corrected chi connectivity index (χ4v) is 4.12. The lowest BCUT2D eigenvalue weighted by molar-refractivity contribution is 0.324. The Bertz CT molecular complexity index is 1090. The molecule has 4 aromatic rings. The first-order chi connectivity index (χ1) is 13.3. The normalized spacial score (nSPS) is 15.7. The number of H-pyrrole nitrogens is 1. The molecule has 0 unspecified atom stereocenters. The first-order valence-corrected chi connectivity index (χ1v) is 9.51. The van der Waals surface area contributed by atoms with Crippen LogP contribution in [-0.2, 0) is 13.0 Å². The van der Waals surface area contributed by atoms with E-state index in [1.165, 1.54) is 30.1 Å². The van der Waals surface area contributed by atoms with Crippen molar-refractivity contribution in [3.8, 4) is 0 Å². The first-order valence-electron chi connectivity index (χ1n) is 9.51. The Hall–Kier alpha value is -2.93. The fraction of sp³-hybridized carbons (Fsp3) is 0.350. The van der Waals surface area contributed by atoms with E-state index in [9.17, 15) is 0 Å². The maximum absolute atomic E-state index is 6.22. The Kier molecular flexibility index (Phi) is 4.01. The van der Waals surface area contributed by atoms with Gasteiger partial charge in [0.25, 0.3) is 0 Å². The minimum atomic E-state index is 0.506. The van der Waals surface area contributed by atoms with Gasteiger partial charge in [-0.05, 0) is 43.5 Å². The van der Waals surface area contributed by atoms with Gasteiger partial charge in [-0.3, -0.25) is 0 Å². The van der Waals surface area contributed by atoms with E-state index >= 15 is 0 Å². The molecule has 7 nitrogen and oxygen atoms in total. The Balaban J connectivity index is 1.55. The second kappa shape index (κ2) is 6.66. The van der Waals surface area contributed by atoms with E-state index in [2.05, 4.69) is 44.7 Å². The predicted octanol–water partition coefficient (Wildman–Crippen LogP) is 2.48. The minimum absolute atomic E-state index is 0.506. The molecule has 0 saturated carbocycles. The average Bonchev–Trinajstić information content (AvgIpc) is 3.26. The van der Waals surface area contributed by atoms with E-state index < -0.39 is 0 Å². The maximum Gasteiger partial charge on any atom is 0.163 e. The van der Waals surface area contributed by atoms with Crippen LogP contribution in [0.5, 0.6) is 0 Å². The van der Waals surface area contributed by atoms with Crippen LogP contribution in [0.2, 0.25) is 0 Å². The van der Waals surface area contributed by atoms with Crippen LogP contribution in [-0.4, -0.2) is 37.8 Å². The summed E-state index contributed by atoms with van der Waals surface area (Å²) in [6.07, 6.45) is 6.63. The molecule has 4 heterocycles. The number of piperidine rings is 1. The monoisotopic (exact) mass is 361 g/mol. The highest BCUT2D eigenvalue weighted by Gasteiger charge is 2.20. The zero-order chi connectivity index (χ0) is 18.2. The Morgan fingerprint density at radius 1 is 1.15 bits per heavy atom. The Morgan fingerprint density at radius 2 is 2.00 bits per heavy atom. The van der Waals surface area contributed by atoms with Gasteiger partial charge in [0.15, 0.2) is 5.65 Å². The molecule has 0 aliphatic carbocycles. The highest BCUT2D eigenvalue weighted by atomic mass is 15.3. The fourth-order valence-electron chi connectivity index (χ4n) is 4.12. The van der Waals surface area contributed by atoms with Crippen molar-refractivity contribution in [2.75, 3.05) is 18.8 Å². The number of benzene rings is 1. The molecule has 0 atom stereocenters. The molecule has 4 N–H and O–H groups in total. The number of anilines is 1. The van der Waals surface area contributed by atoms with Gasteiger partial charge in [-0.25, -0.2) is 14.6 Å². The van der Waals surface area contributed by atoms with E-state index in [4.69, 9.17) is 10.8 Å². The summed E-state index contributed by atoms with van der Waals surface area (Å²) in [7, 11) is 0. The third-order valence-corrected chi connectivity index (χ3v) is 5.55. The highest BCUT2D eigenvalue weighted by Crippen LogP contribution is 2.27. The van der Waals surface area contributed by atoms with Crippen LogP contribution in [0, 0.1) is 5.92 Å².